The highest BCUT2D eigenvalue weighted by molar-refractivity contribution is 14.0. The molecule has 0 amide bonds. The lowest BCUT2D eigenvalue weighted by molar-refractivity contribution is 0.0203. The zero-order valence-corrected chi connectivity index (χ0v) is 20.4. The van der Waals surface area contributed by atoms with E-state index < -0.39 is 5.97 Å². The predicted octanol–water partition coefficient (Wildman–Crippen LogP) is 2.60. The molecule has 0 atom stereocenters. The average Bonchev–Trinajstić information content (AvgIpc) is 2.78. The molecule has 30 heavy (non-hydrogen) atoms. The number of aliphatic imine (C=N–C) groups is 1. The molecule has 0 unspecified atom stereocenters. The maximum absolute atomic E-state index is 11.9. The number of guanidine groups is 1. The van der Waals surface area contributed by atoms with Crippen molar-refractivity contribution in [2.45, 2.75) is 25.8 Å². The van der Waals surface area contributed by atoms with E-state index >= 15 is 0 Å². The van der Waals surface area contributed by atoms with Crippen molar-refractivity contribution in [2.75, 3.05) is 54.2 Å². The van der Waals surface area contributed by atoms with Crippen molar-refractivity contribution in [2.24, 2.45) is 10.9 Å². The highest BCUT2D eigenvalue weighted by Gasteiger charge is 2.14. The molecular formula is C21H34IN3O5. The molecular weight excluding hydrogens is 501 g/mol. The molecule has 0 spiro atoms. The van der Waals surface area contributed by atoms with Gasteiger partial charge in [0, 0.05) is 46.6 Å². The topological polar surface area (TPSA) is 90.4 Å². The molecule has 0 aliphatic carbocycles. The Morgan fingerprint density at radius 3 is 2.67 bits per heavy atom. The van der Waals surface area contributed by atoms with E-state index in [0.717, 1.165) is 57.8 Å². The van der Waals surface area contributed by atoms with Crippen LogP contribution in [0, 0.1) is 5.92 Å². The highest BCUT2D eigenvalue weighted by atomic mass is 127. The minimum Gasteiger partial charge on any atom is -0.496 e. The first-order chi connectivity index (χ1) is 14.2. The lowest BCUT2D eigenvalue weighted by Gasteiger charge is -2.21. The number of esters is 1. The van der Waals surface area contributed by atoms with Gasteiger partial charge in [0.25, 0.3) is 0 Å². The number of ether oxygens (including phenoxy) is 4. The van der Waals surface area contributed by atoms with Gasteiger partial charge in [-0.3, -0.25) is 4.99 Å². The van der Waals surface area contributed by atoms with Gasteiger partial charge in [0.15, 0.2) is 5.96 Å². The number of methoxy groups -OCH3 is 2. The number of nitrogens with zero attached hydrogens (tertiary/aromatic N) is 1. The molecule has 1 heterocycles. The molecule has 170 valence electrons. The van der Waals surface area contributed by atoms with Crippen molar-refractivity contribution in [1.29, 1.82) is 0 Å². The van der Waals surface area contributed by atoms with Gasteiger partial charge in [0.1, 0.15) is 11.3 Å². The molecule has 1 fully saturated rings. The molecule has 1 aliphatic rings. The largest absolute Gasteiger partial charge is 0.496 e. The summed E-state index contributed by atoms with van der Waals surface area (Å²) in [5.41, 5.74) is 1.33. The van der Waals surface area contributed by atoms with Crippen molar-refractivity contribution >= 4 is 35.9 Å². The van der Waals surface area contributed by atoms with Crippen LogP contribution in [0.4, 0.5) is 0 Å². The van der Waals surface area contributed by atoms with Crippen LogP contribution in [-0.2, 0) is 20.8 Å². The number of carbonyl (C=O) groups is 1. The molecule has 0 radical (unpaired) electrons. The van der Waals surface area contributed by atoms with E-state index in [1.54, 1.807) is 19.2 Å². The zero-order valence-electron chi connectivity index (χ0n) is 18.1. The van der Waals surface area contributed by atoms with Crippen molar-refractivity contribution < 1.29 is 23.7 Å². The van der Waals surface area contributed by atoms with Gasteiger partial charge in [-0.1, -0.05) is 6.07 Å². The summed E-state index contributed by atoms with van der Waals surface area (Å²) >= 11 is 0. The third kappa shape index (κ3) is 9.05. The Morgan fingerprint density at radius 1 is 1.23 bits per heavy atom. The summed E-state index contributed by atoms with van der Waals surface area (Å²) in [6, 6.07) is 5.42. The van der Waals surface area contributed by atoms with Gasteiger partial charge in [0.2, 0.25) is 0 Å². The van der Waals surface area contributed by atoms with Crippen LogP contribution in [0.1, 0.15) is 35.2 Å². The summed E-state index contributed by atoms with van der Waals surface area (Å²) < 4.78 is 21.2. The Kier molecular flexibility index (Phi) is 13.4. The Balaban J connectivity index is 0.00000450. The van der Waals surface area contributed by atoms with Crippen molar-refractivity contribution in [3.63, 3.8) is 0 Å². The minimum atomic E-state index is -0.424. The maximum atomic E-state index is 11.9. The van der Waals surface area contributed by atoms with Crippen molar-refractivity contribution in [1.82, 2.24) is 10.6 Å². The van der Waals surface area contributed by atoms with Crippen LogP contribution < -0.4 is 15.4 Å². The first-order valence-electron chi connectivity index (χ1n) is 10.0. The fourth-order valence-electron chi connectivity index (χ4n) is 3.09. The number of benzene rings is 1. The molecule has 1 aromatic carbocycles. The number of rotatable bonds is 10. The first kappa shape index (κ1) is 26.4. The summed E-state index contributed by atoms with van der Waals surface area (Å²) in [6.45, 7) is 4.54. The second-order valence-corrected chi connectivity index (χ2v) is 6.86. The third-order valence-electron chi connectivity index (χ3n) is 4.81. The monoisotopic (exact) mass is 535 g/mol. The van der Waals surface area contributed by atoms with Crippen LogP contribution in [-0.4, -0.2) is 66.2 Å². The molecule has 1 aliphatic heterocycles. The van der Waals surface area contributed by atoms with E-state index in [2.05, 4.69) is 15.6 Å². The Labute approximate surface area is 196 Å². The van der Waals surface area contributed by atoms with E-state index in [9.17, 15) is 4.79 Å². The molecule has 8 nitrogen and oxygen atoms in total. The van der Waals surface area contributed by atoms with Crippen LogP contribution in [0.3, 0.4) is 0 Å². The lowest BCUT2D eigenvalue weighted by Crippen LogP contribution is -2.37. The van der Waals surface area contributed by atoms with Gasteiger partial charge in [-0.2, -0.15) is 0 Å². The fourth-order valence-corrected chi connectivity index (χ4v) is 3.09. The van der Waals surface area contributed by atoms with Crippen molar-refractivity contribution in [3.8, 4) is 5.75 Å². The van der Waals surface area contributed by atoms with E-state index in [4.69, 9.17) is 18.9 Å². The fraction of sp³-hybridized carbons (Fsp3) is 0.619. The highest BCUT2D eigenvalue weighted by Crippen LogP contribution is 2.20. The zero-order chi connectivity index (χ0) is 20.9. The van der Waals surface area contributed by atoms with Crippen LogP contribution >= 0.6 is 24.0 Å². The summed E-state index contributed by atoms with van der Waals surface area (Å²) in [7, 11) is 4.61. The second kappa shape index (κ2) is 15.2. The normalized spacial score (nSPS) is 14.6. The van der Waals surface area contributed by atoms with Gasteiger partial charge < -0.3 is 29.6 Å². The molecule has 2 N–H and O–H groups in total. The number of hydrogen-bond donors (Lipinski definition) is 2. The van der Waals surface area contributed by atoms with Crippen molar-refractivity contribution in [3.05, 3.63) is 29.3 Å². The third-order valence-corrected chi connectivity index (χ3v) is 4.81. The summed E-state index contributed by atoms with van der Waals surface area (Å²) in [5, 5.41) is 6.51. The molecule has 0 aromatic heterocycles. The SMILES string of the molecule is CN=C(NCCCOCC1CCOCC1)NCc1ccc(OC)c(C(=O)OC)c1.I. The number of nitrogens with one attached hydrogen (secondary N) is 2. The summed E-state index contributed by atoms with van der Waals surface area (Å²) in [5.74, 6) is 1.39. The quantitative estimate of drug-likeness (QED) is 0.157. The van der Waals surface area contributed by atoms with E-state index in [1.165, 1.54) is 14.2 Å². The number of carbonyl (C=O) groups excluding carboxylic acids is 1. The lowest BCUT2D eigenvalue weighted by atomic mass is 10.0. The van der Waals surface area contributed by atoms with Crippen LogP contribution in [0.15, 0.2) is 23.2 Å². The predicted molar refractivity (Wildman–Crippen MR) is 127 cm³/mol. The molecule has 0 bridgehead atoms. The van der Waals surface area contributed by atoms with Crippen LogP contribution in [0.25, 0.3) is 0 Å². The van der Waals surface area contributed by atoms with Gasteiger partial charge in [-0.05, 0) is 42.9 Å². The molecule has 2 rings (SSSR count). The van der Waals surface area contributed by atoms with E-state index in [-0.39, 0.29) is 24.0 Å². The van der Waals surface area contributed by atoms with Gasteiger partial charge in [-0.15, -0.1) is 24.0 Å². The Hall–Kier alpha value is -1.59. The Bertz CT molecular complexity index is 666. The van der Waals surface area contributed by atoms with Crippen LogP contribution in [0.2, 0.25) is 0 Å². The standard InChI is InChI=1S/C21H33N3O5.HI/c1-22-21(23-9-4-10-29-15-16-7-11-28-12-8-16)24-14-17-5-6-19(26-2)18(13-17)20(25)27-3;/h5-6,13,16H,4,7-12,14-15H2,1-3H3,(H2,22,23,24);1H. The molecule has 1 saturated heterocycles. The average molecular weight is 535 g/mol. The maximum Gasteiger partial charge on any atom is 0.341 e. The number of hydrogen-bond acceptors (Lipinski definition) is 6. The first-order valence-corrected chi connectivity index (χ1v) is 10.0. The summed E-state index contributed by atoms with van der Waals surface area (Å²) in [6.07, 6.45) is 3.09. The van der Waals surface area contributed by atoms with E-state index in [0.29, 0.717) is 29.7 Å². The summed E-state index contributed by atoms with van der Waals surface area (Å²) in [4.78, 5) is 16.1. The Morgan fingerprint density at radius 2 is 2.00 bits per heavy atom. The van der Waals surface area contributed by atoms with Gasteiger partial charge >= 0.3 is 5.97 Å². The smallest absolute Gasteiger partial charge is 0.341 e. The van der Waals surface area contributed by atoms with E-state index in [1.807, 2.05) is 6.07 Å². The molecule has 1 aromatic rings. The van der Waals surface area contributed by atoms with Gasteiger partial charge in [0.05, 0.1) is 14.2 Å². The molecule has 0 saturated carbocycles. The number of halogens is 1. The van der Waals surface area contributed by atoms with Crippen LogP contribution in [0.5, 0.6) is 5.75 Å². The minimum absolute atomic E-state index is 0. The van der Waals surface area contributed by atoms with Gasteiger partial charge in [-0.25, -0.2) is 4.79 Å². The second-order valence-electron chi connectivity index (χ2n) is 6.86. The molecule has 9 heteroatoms.